The van der Waals surface area contributed by atoms with Gasteiger partial charge in [0, 0.05) is 17.9 Å². The number of rotatable bonds is 1. The first-order valence-corrected chi connectivity index (χ1v) is 7.24. The lowest BCUT2D eigenvalue weighted by molar-refractivity contribution is 0.498. The molecule has 2 unspecified atom stereocenters. The van der Waals surface area contributed by atoms with Gasteiger partial charge >= 0.3 is 0 Å². The number of nitrogens with one attached hydrogen (secondary N) is 1. The Morgan fingerprint density at radius 2 is 2.05 bits per heavy atom. The molecule has 0 amide bonds. The number of fused-ring (bicyclic) bond motifs is 1. The topological polar surface area (TPSA) is 24.4 Å². The van der Waals surface area contributed by atoms with Gasteiger partial charge in [-0.3, -0.25) is 4.99 Å². The Balaban J connectivity index is 1.82. The fourth-order valence-electron chi connectivity index (χ4n) is 2.59. The summed E-state index contributed by atoms with van der Waals surface area (Å²) in [7, 11) is 0. The molecule has 1 N–H and O–H groups in total. The molecule has 102 valence electrons. The third kappa shape index (κ3) is 2.59. The van der Waals surface area contributed by atoms with Gasteiger partial charge in [0.15, 0.2) is 16.8 Å². The molecule has 2 nitrogen and oxygen atoms in total. The molecular formula is C13H13F3N2S. The lowest BCUT2D eigenvalue weighted by atomic mass is 10.1. The highest BCUT2D eigenvalue weighted by molar-refractivity contribution is 8.14. The van der Waals surface area contributed by atoms with Crippen LogP contribution in [0.25, 0.3) is 0 Å². The maximum Gasteiger partial charge on any atom is 0.182 e. The van der Waals surface area contributed by atoms with E-state index >= 15 is 0 Å². The highest BCUT2D eigenvalue weighted by Crippen LogP contribution is 2.36. The summed E-state index contributed by atoms with van der Waals surface area (Å²) in [6.07, 6.45) is 3.38. The van der Waals surface area contributed by atoms with E-state index in [0.717, 1.165) is 24.7 Å². The van der Waals surface area contributed by atoms with Crippen LogP contribution in [0.3, 0.4) is 0 Å². The normalized spacial score (nSPS) is 25.9. The van der Waals surface area contributed by atoms with Crippen molar-refractivity contribution < 1.29 is 13.2 Å². The van der Waals surface area contributed by atoms with Gasteiger partial charge < -0.3 is 5.32 Å². The standard InChI is InChI=1S/C13H13F3N2S/c14-8-4-9(15)12(16)11(5-8)18-13-17-10-3-1-2-7(10)6-19-13/h4-5,7,10H,1-3,6H2,(H,17,18). The van der Waals surface area contributed by atoms with E-state index in [9.17, 15) is 13.2 Å². The molecule has 0 aromatic heterocycles. The number of amidine groups is 1. The van der Waals surface area contributed by atoms with Gasteiger partial charge in [0.25, 0.3) is 0 Å². The lowest BCUT2D eigenvalue weighted by Crippen LogP contribution is -2.25. The molecule has 0 radical (unpaired) electrons. The zero-order valence-electron chi connectivity index (χ0n) is 10.1. The summed E-state index contributed by atoms with van der Waals surface area (Å²) in [5, 5.41) is 3.25. The quantitative estimate of drug-likeness (QED) is 0.794. The second kappa shape index (κ2) is 5.07. The van der Waals surface area contributed by atoms with Gasteiger partial charge in [-0.1, -0.05) is 18.2 Å². The van der Waals surface area contributed by atoms with Gasteiger partial charge in [0.05, 0.1) is 11.7 Å². The Hall–Kier alpha value is -1.17. The van der Waals surface area contributed by atoms with Crippen molar-refractivity contribution in [2.75, 3.05) is 11.1 Å². The molecule has 6 heteroatoms. The van der Waals surface area contributed by atoms with Crippen LogP contribution in [0.2, 0.25) is 0 Å². The number of hydrogen-bond acceptors (Lipinski definition) is 3. The zero-order chi connectivity index (χ0) is 13.4. The summed E-state index contributed by atoms with van der Waals surface area (Å²) in [5.41, 5.74) is -0.194. The van der Waals surface area contributed by atoms with Gasteiger partial charge in [-0.05, 0) is 18.8 Å². The molecule has 19 heavy (non-hydrogen) atoms. The van der Waals surface area contributed by atoms with Gasteiger partial charge in [0.1, 0.15) is 5.82 Å². The third-order valence-electron chi connectivity index (χ3n) is 3.57. The summed E-state index contributed by atoms with van der Waals surface area (Å²) in [6.45, 7) is 0. The number of anilines is 1. The van der Waals surface area contributed by atoms with Crippen LogP contribution >= 0.6 is 11.8 Å². The second-order valence-corrected chi connectivity index (χ2v) is 5.89. The van der Waals surface area contributed by atoms with Crippen LogP contribution in [0.15, 0.2) is 17.1 Å². The van der Waals surface area contributed by atoms with Crippen molar-refractivity contribution in [3.8, 4) is 0 Å². The van der Waals surface area contributed by atoms with Gasteiger partial charge in [0.2, 0.25) is 0 Å². The van der Waals surface area contributed by atoms with E-state index in [1.165, 1.54) is 18.2 Å². The van der Waals surface area contributed by atoms with E-state index in [2.05, 4.69) is 10.3 Å². The highest BCUT2D eigenvalue weighted by atomic mass is 32.2. The molecular weight excluding hydrogens is 273 g/mol. The minimum atomic E-state index is -1.19. The Bertz CT molecular complexity index is 533. The van der Waals surface area contributed by atoms with E-state index in [1.54, 1.807) is 0 Å². The summed E-state index contributed by atoms with van der Waals surface area (Å²) in [4.78, 5) is 4.50. The molecule has 1 fully saturated rings. The van der Waals surface area contributed by atoms with Crippen molar-refractivity contribution in [2.45, 2.75) is 25.3 Å². The zero-order valence-corrected chi connectivity index (χ0v) is 10.9. The number of hydrogen-bond donors (Lipinski definition) is 1. The first-order valence-electron chi connectivity index (χ1n) is 6.25. The van der Waals surface area contributed by atoms with Crippen molar-refractivity contribution in [3.05, 3.63) is 29.6 Å². The van der Waals surface area contributed by atoms with E-state index in [1.807, 2.05) is 0 Å². The fraction of sp³-hybridized carbons (Fsp3) is 0.462. The molecule has 1 aromatic rings. The van der Waals surface area contributed by atoms with Gasteiger partial charge in [-0.25, -0.2) is 13.2 Å². The Morgan fingerprint density at radius 3 is 2.89 bits per heavy atom. The lowest BCUT2D eigenvalue weighted by Gasteiger charge is -2.23. The van der Waals surface area contributed by atoms with Crippen molar-refractivity contribution in [2.24, 2.45) is 10.9 Å². The first-order chi connectivity index (χ1) is 9.13. The molecule has 1 heterocycles. The summed E-state index contributed by atoms with van der Waals surface area (Å²) in [5.74, 6) is -1.55. The Labute approximate surface area is 113 Å². The predicted octanol–water partition coefficient (Wildman–Crippen LogP) is 3.79. The summed E-state index contributed by atoms with van der Waals surface area (Å²) >= 11 is 1.48. The molecule has 1 saturated carbocycles. The summed E-state index contributed by atoms with van der Waals surface area (Å²) in [6, 6.07) is 1.75. The van der Waals surface area contributed by atoms with Crippen LogP contribution in [0, 0.1) is 23.4 Å². The number of thioether (sulfide) groups is 1. The second-order valence-electron chi connectivity index (χ2n) is 4.88. The number of halogens is 3. The van der Waals surface area contributed by atoms with Crippen LogP contribution in [-0.4, -0.2) is 17.0 Å². The fourth-order valence-corrected chi connectivity index (χ4v) is 3.74. The average molecular weight is 286 g/mol. The van der Waals surface area contributed by atoms with Crippen LogP contribution in [0.5, 0.6) is 0 Å². The molecule has 2 atom stereocenters. The van der Waals surface area contributed by atoms with Crippen LogP contribution in [0.1, 0.15) is 19.3 Å². The smallest absolute Gasteiger partial charge is 0.182 e. The Kier molecular flexibility index (Phi) is 3.43. The molecule has 2 aliphatic rings. The number of nitrogens with zero attached hydrogens (tertiary/aromatic N) is 1. The number of aliphatic imine (C=N–C) groups is 1. The predicted molar refractivity (Wildman–Crippen MR) is 71.0 cm³/mol. The molecule has 0 spiro atoms. The average Bonchev–Trinajstić information content (AvgIpc) is 2.82. The largest absolute Gasteiger partial charge is 0.332 e. The van der Waals surface area contributed by atoms with E-state index in [4.69, 9.17) is 0 Å². The molecule has 0 bridgehead atoms. The molecule has 1 aliphatic carbocycles. The van der Waals surface area contributed by atoms with Crippen LogP contribution in [-0.2, 0) is 0 Å². The Morgan fingerprint density at radius 1 is 1.21 bits per heavy atom. The molecule has 1 aromatic carbocycles. The monoisotopic (exact) mass is 286 g/mol. The van der Waals surface area contributed by atoms with Crippen LogP contribution < -0.4 is 5.32 Å². The van der Waals surface area contributed by atoms with Crippen molar-refractivity contribution in [1.29, 1.82) is 0 Å². The van der Waals surface area contributed by atoms with Gasteiger partial charge in [-0.2, -0.15) is 0 Å². The SMILES string of the molecule is Fc1cc(F)c(F)c(NC2=NC3CCCC3CS2)c1. The highest BCUT2D eigenvalue weighted by Gasteiger charge is 2.31. The van der Waals surface area contributed by atoms with Gasteiger partial charge in [-0.15, -0.1) is 0 Å². The maximum absolute atomic E-state index is 13.5. The third-order valence-corrected chi connectivity index (χ3v) is 4.65. The van der Waals surface area contributed by atoms with Crippen molar-refractivity contribution in [1.82, 2.24) is 0 Å². The minimum absolute atomic E-state index is 0.194. The maximum atomic E-state index is 13.5. The molecule has 3 rings (SSSR count). The van der Waals surface area contributed by atoms with E-state index in [0.29, 0.717) is 17.2 Å². The van der Waals surface area contributed by atoms with E-state index < -0.39 is 17.5 Å². The van der Waals surface area contributed by atoms with E-state index in [-0.39, 0.29) is 11.7 Å². The van der Waals surface area contributed by atoms with Crippen LogP contribution in [0.4, 0.5) is 18.9 Å². The molecule has 1 aliphatic heterocycles. The number of benzene rings is 1. The van der Waals surface area contributed by atoms with Crippen molar-refractivity contribution in [3.63, 3.8) is 0 Å². The minimum Gasteiger partial charge on any atom is -0.332 e. The summed E-state index contributed by atoms with van der Waals surface area (Å²) < 4.78 is 39.7. The molecule has 0 saturated heterocycles. The van der Waals surface area contributed by atoms with Crippen molar-refractivity contribution >= 4 is 22.6 Å². The first kappa shape index (κ1) is 12.8.